The third-order valence-electron chi connectivity index (χ3n) is 1.53. The Kier molecular flexibility index (Phi) is 3.76. The summed E-state index contributed by atoms with van der Waals surface area (Å²) in [5.41, 5.74) is 1.00. The first-order valence-corrected chi connectivity index (χ1v) is 4.16. The number of esters is 1. The van der Waals surface area contributed by atoms with Crippen LogP contribution >= 0.6 is 0 Å². The van der Waals surface area contributed by atoms with Gasteiger partial charge in [-0.1, -0.05) is 36.4 Å². The Labute approximate surface area is 77.8 Å². The first-order chi connectivity index (χ1) is 6.33. The maximum atomic E-state index is 10.9. The smallest absolute Gasteiger partial charge is 0.330 e. The van der Waals surface area contributed by atoms with Crippen LogP contribution in [-0.4, -0.2) is 5.97 Å². The molecule has 2 nitrogen and oxygen atoms in total. The van der Waals surface area contributed by atoms with Crippen molar-refractivity contribution in [2.45, 2.75) is 13.5 Å². The number of carbonyl (C=O) groups is 1. The lowest BCUT2D eigenvalue weighted by molar-refractivity contribution is -0.139. The third kappa shape index (κ3) is 3.56. The summed E-state index contributed by atoms with van der Waals surface area (Å²) < 4.78 is 4.94. The zero-order chi connectivity index (χ0) is 9.52. The number of ether oxygens (including phenoxy) is 1. The van der Waals surface area contributed by atoms with Gasteiger partial charge in [0.05, 0.1) is 0 Å². The molecule has 0 aliphatic heterocycles. The second-order valence-corrected chi connectivity index (χ2v) is 2.59. The highest BCUT2D eigenvalue weighted by atomic mass is 16.5. The van der Waals surface area contributed by atoms with Crippen molar-refractivity contribution in [1.82, 2.24) is 0 Å². The fraction of sp³-hybridized carbons (Fsp3) is 0.182. The molecule has 0 heterocycles. The van der Waals surface area contributed by atoms with E-state index in [0.29, 0.717) is 6.61 Å². The first kappa shape index (κ1) is 9.52. The van der Waals surface area contributed by atoms with Gasteiger partial charge in [0.2, 0.25) is 0 Å². The van der Waals surface area contributed by atoms with Crippen LogP contribution in [-0.2, 0) is 16.1 Å². The highest BCUT2D eigenvalue weighted by Gasteiger charge is 1.96. The lowest BCUT2D eigenvalue weighted by Gasteiger charge is -2.00. The topological polar surface area (TPSA) is 26.3 Å². The van der Waals surface area contributed by atoms with Crippen molar-refractivity contribution in [3.63, 3.8) is 0 Å². The van der Waals surface area contributed by atoms with Crippen LogP contribution in [0.2, 0.25) is 0 Å². The van der Waals surface area contributed by atoms with E-state index in [4.69, 9.17) is 4.74 Å². The fourth-order valence-electron chi connectivity index (χ4n) is 0.913. The monoisotopic (exact) mass is 176 g/mol. The third-order valence-corrected chi connectivity index (χ3v) is 1.53. The summed E-state index contributed by atoms with van der Waals surface area (Å²) in [5.74, 6) is -0.300. The van der Waals surface area contributed by atoms with Crippen molar-refractivity contribution in [2.75, 3.05) is 0 Å². The molecule has 0 saturated carbocycles. The Morgan fingerprint density at radius 2 is 2.08 bits per heavy atom. The zero-order valence-corrected chi connectivity index (χ0v) is 7.57. The standard InChI is InChI=1S/C11H12O2/c1-2-6-11(12)13-9-10-7-4-3-5-8-10/h2-8H,9H2,1H3/b6-2-. The van der Waals surface area contributed by atoms with Gasteiger partial charge in [-0.2, -0.15) is 0 Å². The summed E-state index contributed by atoms with van der Waals surface area (Å²) in [5, 5.41) is 0. The molecule has 0 amide bonds. The molecule has 1 aromatic carbocycles. The van der Waals surface area contributed by atoms with E-state index in [9.17, 15) is 4.79 Å². The molecule has 13 heavy (non-hydrogen) atoms. The molecule has 0 fully saturated rings. The number of allylic oxidation sites excluding steroid dienone is 1. The Morgan fingerprint density at radius 1 is 1.38 bits per heavy atom. The summed E-state index contributed by atoms with van der Waals surface area (Å²) in [4.78, 5) is 10.9. The summed E-state index contributed by atoms with van der Waals surface area (Å²) >= 11 is 0. The molecule has 0 aliphatic rings. The SMILES string of the molecule is C/C=C\C(=O)OCc1ccccc1. The molecular formula is C11H12O2. The van der Waals surface area contributed by atoms with E-state index in [2.05, 4.69) is 0 Å². The van der Waals surface area contributed by atoms with Crippen LogP contribution in [0.4, 0.5) is 0 Å². The van der Waals surface area contributed by atoms with Gasteiger partial charge in [0, 0.05) is 6.08 Å². The predicted octanol–water partition coefficient (Wildman–Crippen LogP) is 2.31. The summed E-state index contributed by atoms with van der Waals surface area (Å²) in [6, 6.07) is 9.60. The Morgan fingerprint density at radius 3 is 2.69 bits per heavy atom. The van der Waals surface area contributed by atoms with Crippen molar-refractivity contribution in [3.8, 4) is 0 Å². The number of benzene rings is 1. The maximum Gasteiger partial charge on any atom is 0.330 e. The lowest BCUT2D eigenvalue weighted by Crippen LogP contribution is -2.00. The molecule has 0 bridgehead atoms. The largest absolute Gasteiger partial charge is 0.458 e. The fourth-order valence-corrected chi connectivity index (χ4v) is 0.913. The van der Waals surface area contributed by atoms with Crippen molar-refractivity contribution < 1.29 is 9.53 Å². The summed E-state index contributed by atoms with van der Waals surface area (Å²) in [6.07, 6.45) is 3.07. The van der Waals surface area contributed by atoms with Gasteiger partial charge in [-0.05, 0) is 12.5 Å². The van der Waals surface area contributed by atoms with Crippen LogP contribution in [0.25, 0.3) is 0 Å². The van der Waals surface area contributed by atoms with Crippen LogP contribution in [0.3, 0.4) is 0 Å². The minimum absolute atomic E-state index is 0.300. The quantitative estimate of drug-likeness (QED) is 0.521. The van der Waals surface area contributed by atoms with Crippen molar-refractivity contribution in [3.05, 3.63) is 48.0 Å². The summed E-state index contributed by atoms with van der Waals surface area (Å²) in [6.45, 7) is 2.12. The minimum atomic E-state index is -0.300. The molecule has 0 radical (unpaired) electrons. The zero-order valence-electron chi connectivity index (χ0n) is 7.57. The second-order valence-electron chi connectivity index (χ2n) is 2.59. The maximum absolute atomic E-state index is 10.9. The van der Waals surface area contributed by atoms with E-state index in [1.54, 1.807) is 13.0 Å². The lowest BCUT2D eigenvalue weighted by atomic mass is 10.2. The van der Waals surface area contributed by atoms with Gasteiger partial charge in [0.25, 0.3) is 0 Å². The van der Waals surface area contributed by atoms with Crippen LogP contribution in [0.5, 0.6) is 0 Å². The molecule has 1 aromatic rings. The molecule has 1 rings (SSSR count). The van der Waals surface area contributed by atoms with Crippen molar-refractivity contribution >= 4 is 5.97 Å². The summed E-state index contributed by atoms with van der Waals surface area (Å²) in [7, 11) is 0. The Hall–Kier alpha value is -1.57. The molecule has 0 unspecified atom stereocenters. The molecule has 0 spiro atoms. The van der Waals surface area contributed by atoms with E-state index >= 15 is 0 Å². The normalized spacial score (nSPS) is 10.2. The number of hydrogen-bond donors (Lipinski definition) is 0. The van der Waals surface area contributed by atoms with Crippen molar-refractivity contribution in [1.29, 1.82) is 0 Å². The molecule has 0 saturated heterocycles. The average Bonchev–Trinajstić information content (AvgIpc) is 2.17. The van der Waals surface area contributed by atoms with E-state index in [1.165, 1.54) is 6.08 Å². The van der Waals surface area contributed by atoms with E-state index < -0.39 is 0 Å². The number of carbonyl (C=O) groups excluding carboxylic acids is 1. The number of rotatable bonds is 3. The van der Waals surface area contributed by atoms with Gasteiger partial charge in [-0.3, -0.25) is 0 Å². The van der Waals surface area contributed by atoms with Crippen LogP contribution in [0.1, 0.15) is 12.5 Å². The first-order valence-electron chi connectivity index (χ1n) is 4.16. The average molecular weight is 176 g/mol. The molecule has 0 atom stereocenters. The van der Waals surface area contributed by atoms with Crippen LogP contribution < -0.4 is 0 Å². The minimum Gasteiger partial charge on any atom is -0.458 e. The molecule has 0 aliphatic carbocycles. The Balaban J connectivity index is 2.40. The van der Waals surface area contributed by atoms with Gasteiger partial charge in [0.1, 0.15) is 6.61 Å². The van der Waals surface area contributed by atoms with Crippen LogP contribution in [0.15, 0.2) is 42.5 Å². The van der Waals surface area contributed by atoms with E-state index in [-0.39, 0.29) is 5.97 Å². The highest BCUT2D eigenvalue weighted by molar-refractivity contribution is 5.81. The second kappa shape index (κ2) is 5.14. The van der Waals surface area contributed by atoms with Crippen molar-refractivity contribution in [2.24, 2.45) is 0 Å². The molecule has 2 heteroatoms. The van der Waals surface area contributed by atoms with Gasteiger partial charge in [-0.25, -0.2) is 4.79 Å². The molecule has 0 aromatic heterocycles. The van der Waals surface area contributed by atoms with E-state index in [1.807, 2.05) is 30.3 Å². The molecule has 68 valence electrons. The Bertz CT molecular complexity index is 288. The predicted molar refractivity (Wildman–Crippen MR) is 51.1 cm³/mol. The number of hydrogen-bond acceptors (Lipinski definition) is 2. The van der Waals surface area contributed by atoms with Gasteiger partial charge < -0.3 is 4.74 Å². The van der Waals surface area contributed by atoms with Gasteiger partial charge in [-0.15, -0.1) is 0 Å². The van der Waals surface area contributed by atoms with Gasteiger partial charge >= 0.3 is 5.97 Å². The highest BCUT2D eigenvalue weighted by Crippen LogP contribution is 2.00. The molecule has 0 N–H and O–H groups in total. The molecular weight excluding hydrogens is 164 g/mol. The van der Waals surface area contributed by atoms with Gasteiger partial charge in [0.15, 0.2) is 0 Å². The van der Waals surface area contributed by atoms with Crippen LogP contribution in [0, 0.1) is 0 Å². The van der Waals surface area contributed by atoms with E-state index in [0.717, 1.165) is 5.56 Å².